The van der Waals surface area contributed by atoms with E-state index in [0.717, 1.165) is 27.6 Å². The van der Waals surface area contributed by atoms with Crippen LogP contribution in [0.3, 0.4) is 0 Å². The minimum absolute atomic E-state index is 0.0582. The standard InChI is InChI=1S/C26H26N2O3S/c1-17(29)25-24(18-8-6-5-7-9-18)22-16-20(12-15-23(22)27-25)28-32(30,31)21-13-10-19(11-14-21)26(2,3)4/h5-16,27-28H,1-4H3. The second-order valence-electron chi connectivity index (χ2n) is 8.94. The van der Waals surface area contributed by atoms with Crippen molar-refractivity contribution < 1.29 is 13.2 Å². The van der Waals surface area contributed by atoms with Crippen LogP contribution in [0.1, 0.15) is 43.7 Å². The van der Waals surface area contributed by atoms with Gasteiger partial charge in [-0.15, -0.1) is 0 Å². The van der Waals surface area contributed by atoms with Crippen molar-refractivity contribution in [3.05, 3.63) is 84.1 Å². The smallest absolute Gasteiger partial charge is 0.261 e. The number of anilines is 1. The second-order valence-corrected chi connectivity index (χ2v) is 10.6. The van der Waals surface area contributed by atoms with E-state index in [0.29, 0.717) is 11.4 Å². The van der Waals surface area contributed by atoms with Crippen LogP contribution in [0.2, 0.25) is 0 Å². The molecule has 32 heavy (non-hydrogen) atoms. The number of carbonyl (C=O) groups excluding carboxylic acids is 1. The van der Waals surface area contributed by atoms with E-state index in [4.69, 9.17) is 0 Å². The third-order valence-electron chi connectivity index (χ3n) is 5.50. The number of hydrogen-bond donors (Lipinski definition) is 2. The quantitative estimate of drug-likeness (QED) is 0.362. The van der Waals surface area contributed by atoms with Gasteiger partial charge in [-0.05, 0) is 46.9 Å². The molecule has 0 aliphatic carbocycles. The number of benzene rings is 3. The maximum atomic E-state index is 13.0. The minimum Gasteiger partial charge on any atom is -0.352 e. The fourth-order valence-electron chi connectivity index (χ4n) is 3.77. The van der Waals surface area contributed by atoms with Crippen LogP contribution in [0.25, 0.3) is 22.0 Å². The largest absolute Gasteiger partial charge is 0.352 e. The molecule has 0 amide bonds. The lowest BCUT2D eigenvalue weighted by Gasteiger charge is -2.19. The lowest BCUT2D eigenvalue weighted by atomic mass is 9.87. The number of nitrogens with one attached hydrogen (secondary N) is 2. The predicted molar refractivity (Wildman–Crippen MR) is 130 cm³/mol. The number of H-pyrrole nitrogens is 1. The zero-order valence-electron chi connectivity index (χ0n) is 18.6. The summed E-state index contributed by atoms with van der Waals surface area (Å²) in [6.07, 6.45) is 0. The topological polar surface area (TPSA) is 79.0 Å². The molecule has 4 aromatic rings. The molecule has 3 aromatic carbocycles. The van der Waals surface area contributed by atoms with Crippen LogP contribution >= 0.6 is 0 Å². The SMILES string of the molecule is CC(=O)c1[nH]c2ccc(NS(=O)(=O)c3ccc(C(C)(C)C)cc3)cc2c1-c1ccccc1. The van der Waals surface area contributed by atoms with Crippen LogP contribution in [-0.2, 0) is 15.4 Å². The first-order valence-corrected chi connectivity index (χ1v) is 11.9. The van der Waals surface area contributed by atoms with Crippen molar-refractivity contribution in [3.8, 4) is 11.1 Å². The number of rotatable bonds is 5. The van der Waals surface area contributed by atoms with Crippen LogP contribution in [0.15, 0.2) is 77.7 Å². The van der Waals surface area contributed by atoms with Crippen molar-refractivity contribution >= 4 is 32.4 Å². The number of aromatic amines is 1. The van der Waals surface area contributed by atoms with Gasteiger partial charge >= 0.3 is 0 Å². The summed E-state index contributed by atoms with van der Waals surface area (Å²) < 4.78 is 28.7. The molecule has 1 aromatic heterocycles. The summed E-state index contributed by atoms with van der Waals surface area (Å²) in [5.41, 5.74) is 4.37. The van der Waals surface area contributed by atoms with Crippen LogP contribution < -0.4 is 4.72 Å². The highest BCUT2D eigenvalue weighted by molar-refractivity contribution is 7.92. The number of aromatic nitrogens is 1. The number of hydrogen-bond acceptors (Lipinski definition) is 3. The van der Waals surface area contributed by atoms with Gasteiger partial charge in [-0.2, -0.15) is 0 Å². The fraction of sp³-hybridized carbons (Fsp3) is 0.192. The molecule has 0 aliphatic rings. The number of fused-ring (bicyclic) bond motifs is 1. The van der Waals surface area contributed by atoms with Gasteiger partial charge in [0.25, 0.3) is 10.0 Å². The molecule has 0 saturated heterocycles. The summed E-state index contributed by atoms with van der Waals surface area (Å²) in [7, 11) is -3.76. The molecule has 0 aliphatic heterocycles. The van der Waals surface area contributed by atoms with Gasteiger partial charge in [-0.25, -0.2) is 8.42 Å². The van der Waals surface area contributed by atoms with Gasteiger partial charge in [-0.3, -0.25) is 9.52 Å². The first-order valence-electron chi connectivity index (χ1n) is 10.4. The van der Waals surface area contributed by atoms with Gasteiger partial charge in [-0.1, -0.05) is 63.2 Å². The van der Waals surface area contributed by atoms with Crippen molar-refractivity contribution in [1.29, 1.82) is 0 Å². The molecular formula is C26H26N2O3S. The fourth-order valence-corrected chi connectivity index (χ4v) is 4.82. The monoisotopic (exact) mass is 446 g/mol. The molecule has 0 unspecified atom stereocenters. The second kappa shape index (κ2) is 7.95. The average molecular weight is 447 g/mol. The number of ketones is 1. The first kappa shape index (κ1) is 21.8. The Morgan fingerprint density at radius 1 is 0.906 bits per heavy atom. The third-order valence-corrected chi connectivity index (χ3v) is 6.89. The Balaban J connectivity index is 1.75. The van der Waals surface area contributed by atoms with E-state index in [2.05, 4.69) is 30.5 Å². The Morgan fingerprint density at radius 3 is 2.16 bits per heavy atom. The molecule has 2 N–H and O–H groups in total. The first-order chi connectivity index (χ1) is 15.1. The van der Waals surface area contributed by atoms with Crippen LogP contribution in [0.4, 0.5) is 5.69 Å². The average Bonchev–Trinajstić information content (AvgIpc) is 3.13. The Hall–Kier alpha value is -3.38. The minimum atomic E-state index is -3.76. The third kappa shape index (κ3) is 4.18. The van der Waals surface area contributed by atoms with E-state index in [1.807, 2.05) is 42.5 Å². The molecule has 4 rings (SSSR count). The van der Waals surface area contributed by atoms with Crippen molar-refractivity contribution in [3.63, 3.8) is 0 Å². The van der Waals surface area contributed by atoms with Crippen LogP contribution in [0.5, 0.6) is 0 Å². The van der Waals surface area contributed by atoms with E-state index < -0.39 is 10.0 Å². The molecule has 0 saturated carbocycles. The van der Waals surface area contributed by atoms with Crippen LogP contribution in [-0.4, -0.2) is 19.2 Å². The van der Waals surface area contributed by atoms with Crippen LogP contribution in [0, 0.1) is 0 Å². The van der Waals surface area contributed by atoms with Crippen molar-refractivity contribution in [2.45, 2.75) is 38.0 Å². The Bertz CT molecular complexity index is 1400. The Labute approximate surface area is 188 Å². The van der Waals surface area contributed by atoms with E-state index in [9.17, 15) is 13.2 Å². The van der Waals surface area contributed by atoms with Crippen molar-refractivity contribution in [1.82, 2.24) is 4.98 Å². The van der Waals surface area contributed by atoms with Gasteiger partial charge < -0.3 is 4.98 Å². The maximum absolute atomic E-state index is 13.0. The predicted octanol–water partition coefficient (Wildman–Crippen LogP) is 6.14. The molecule has 1 heterocycles. The molecule has 164 valence electrons. The molecule has 0 atom stereocenters. The number of carbonyl (C=O) groups is 1. The summed E-state index contributed by atoms with van der Waals surface area (Å²) in [6.45, 7) is 7.77. The van der Waals surface area contributed by atoms with E-state index in [-0.39, 0.29) is 16.1 Å². The Morgan fingerprint density at radius 2 is 1.56 bits per heavy atom. The summed E-state index contributed by atoms with van der Waals surface area (Å²) in [4.78, 5) is 15.6. The Kier molecular flexibility index (Phi) is 5.42. The molecular weight excluding hydrogens is 420 g/mol. The molecule has 0 spiro atoms. The molecule has 0 radical (unpaired) electrons. The number of sulfonamides is 1. The van der Waals surface area contributed by atoms with Gasteiger partial charge in [0.1, 0.15) is 0 Å². The van der Waals surface area contributed by atoms with Gasteiger partial charge in [0, 0.05) is 29.1 Å². The highest BCUT2D eigenvalue weighted by Crippen LogP contribution is 2.35. The van der Waals surface area contributed by atoms with Gasteiger partial charge in [0.15, 0.2) is 5.78 Å². The lowest BCUT2D eigenvalue weighted by Crippen LogP contribution is -2.14. The summed E-state index contributed by atoms with van der Waals surface area (Å²) in [5.74, 6) is -0.0823. The molecule has 5 nitrogen and oxygen atoms in total. The summed E-state index contributed by atoms with van der Waals surface area (Å²) >= 11 is 0. The van der Waals surface area contributed by atoms with E-state index in [1.165, 1.54) is 6.92 Å². The summed E-state index contributed by atoms with van der Waals surface area (Å²) in [6, 6.07) is 21.8. The number of Topliss-reactive ketones (excluding diaryl/α,β-unsaturated/α-hetero) is 1. The normalized spacial score (nSPS) is 12.1. The van der Waals surface area contributed by atoms with Crippen molar-refractivity contribution in [2.75, 3.05) is 4.72 Å². The van der Waals surface area contributed by atoms with Gasteiger partial charge in [0.05, 0.1) is 10.6 Å². The summed E-state index contributed by atoms with van der Waals surface area (Å²) in [5, 5.41) is 0.782. The maximum Gasteiger partial charge on any atom is 0.261 e. The van der Waals surface area contributed by atoms with Crippen molar-refractivity contribution in [2.24, 2.45) is 0 Å². The van der Waals surface area contributed by atoms with E-state index in [1.54, 1.807) is 30.3 Å². The highest BCUT2D eigenvalue weighted by atomic mass is 32.2. The van der Waals surface area contributed by atoms with Gasteiger partial charge in [0.2, 0.25) is 0 Å². The lowest BCUT2D eigenvalue weighted by molar-refractivity contribution is 0.101. The highest BCUT2D eigenvalue weighted by Gasteiger charge is 2.20. The molecule has 0 bridgehead atoms. The zero-order valence-corrected chi connectivity index (χ0v) is 19.4. The molecule has 0 fully saturated rings. The zero-order chi connectivity index (χ0) is 23.1. The molecule has 6 heteroatoms. The van der Waals surface area contributed by atoms with E-state index >= 15 is 0 Å².